The largest absolute Gasteiger partial charge is 0.335 e. The highest BCUT2D eigenvalue weighted by molar-refractivity contribution is 5.98. The maximum absolute atomic E-state index is 13.5. The summed E-state index contributed by atoms with van der Waals surface area (Å²) in [7, 11) is 0. The van der Waals surface area contributed by atoms with E-state index in [-0.39, 0.29) is 24.0 Å². The second-order valence-corrected chi connectivity index (χ2v) is 9.13. The number of aromatic nitrogens is 2. The number of carbonyl (C=O) groups excluding carboxylic acids is 2. The van der Waals surface area contributed by atoms with Gasteiger partial charge in [-0.3, -0.25) is 4.79 Å². The van der Waals surface area contributed by atoms with Crippen molar-refractivity contribution in [3.05, 3.63) is 47.3 Å². The number of para-hydroxylation sites is 1. The average molecular weight is 422 g/mol. The van der Waals surface area contributed by atoms with Crippen LogP contribution in [0.1, 0.15) is 73.2 Å². The average Bonchev–Trinajstić information content (AvgIpc) is 3.47. The van der Waals surface area contributed by atoms with Crippen molar-refractivity contribution < 1.29 is 9.59 Å². The zero-order valence-electron chi connectivity index (χ0n) is 18.4. The molecule has 1 aromatic carbocycles. The van der Waals surface area contributed by atoms with Gasteiger partial charge in [0, 0.05) is 30.7 Å². The van der Waals surface area contributed by atoms with Crippen molar-refractivity contribution in [1.29, 1.82) is 0 Å². The van der Waals surface area contributed by atoms with Crippen LogP contribution in [0.15, 0.2) is 30.3 Å². The van der Waals surface area contributed by atoms with Crippen LogP contribution in [0, 0.1) is 6.92 Å². The van der Waals surface area contributed by atoms with E-state index in [2.05, 4.69) is 17.3 Å². The van der Waals surface area contributed by atoms with Crippen molar-refractivity contribution in [1.82, 2.24) is 24.9 Å². The Balaban J connectivity index is 1.29. The van der Waals surface area contributed by atoms with Gasteiger partial charge in [0.25, 0.3) is 5.91 Å². The molecule has 1 saturated carbocycles. The normalized spacial score (nSPS) is 22.3. The highest BCUT2D eigenvalue weighted by Gasteiger charge is 2.44. The minimum absolute atomic E-state index is 0.00354. The van der Waals surface area contributed by atoms with Gasteiger partial charge < -0.3 is 15.1 Å². The summed E-state index contributed by atoms with van der Waals surface area (Å²) >= 11 is 0. The molecule has 0 spiro atoms. The van der Waals surface area contributed by atoms with Gasteiger partial charge >= 0.3 is 6.03 Å². The molecule has 0 radical (unpaired) electrons. The highest BCUT2D eigenvalue weighted by Crippen LogP contribution is 2.39. The van der Waals surface area contributed by atoms with E-state index in [1.807, 2.05) is 47.1 Å². The van der Waals surface area contributed by atoms with Gasteiger partial charge in [-0.25, -0.2) is 9.48 Å². The Morgan fingerprint density at radius 1 is 1.06 bits per heavy atom. The summed E-state index contributed by atoms with van der Waals surface area (Å²) in [6, 6.07) is 10.4. The number of likely N-dealkylation sites (tertiary alicyclic amines) is 1. The van der Waals surface area contributed by atoms with E-state index in [1.54, 1.807) is 4.68 Å². The SMILES string of the molecule is Cc1nn(-c2ccccc2)c2c1C(C)N(C1CCN(C(=O)NC3CCCC3)CC1)C2=O. The fourth-order valence-corrected chi connectivity index (χ4v) is 5.60. The van der Waals surface area contributed by atoms with E-state index in [0.29, 0.717) is 24.8 Å². The molecule has 1 aromatic heterocycles. The molecule has 1 aliphatic carbocycles. The molecule has 1 unspecified atom stereocenters. The number of rotatable bonds is 3. The minimum atomic E-state index is 0.00354. The van der Waals surface area contributed by atoms with Crippen LogP contribution < -0.4 is 5.32 Å². The molecular formula is C24H31N5O2. The number of piperidine rings is 1. The number of urea groups is 1. The van der Waals surface area contributed by atoms with E-state index in [4.69, 9.17) is 0 Å². The van der Waals surface area contributed by atoms with Crippen molar-refractivity contribution in [2.24, 2.45) is 0 Å². The molecule has 1 saturated heterocycles. The summed E-state index contributed by atoms with van der Waals surface area (Å²) in [6.45, 7) is 5.48. The molecule has 3 amide bonds. The molecule has 0 bridgehead atoms. The number of hydrogen-bond donors (Lipinski definition) is 1. The third-order valence-corrected chi connectivity index (χ3v) is 7.21. The number of amides is 3. The maximum Gasteiger partial charge on any atom is 0.317 e. The Hall–Kier alpha value is -2.83. The molecule has 2 aromatic rings. The topological polar surface area (TPSA) is 70.5 Å². The van der Waals surface area contributed by atoms with E-state index >= 15 is 0 Å². The van der Waals surface area contributed by atoms with Crippen LogP contribution in [0.25, 0.3) is 5.69 Å². The number of aryl methyl sites for hydroxylation is 1. The number of hydrogen-bond acceptors (Lipinski definition) is 3. The van der Waals surface area contributed by atoms with E-state index in [1.165, 1.54) is 12.8 Å². The molecule has 2 aliphatic heterocycles. The molecule has 3 aliphatic rings. The number of fused-ring (bicyclic) bond motifs is 1. The van der Waals surface area contributed by atoms with Crippen molar-refractivity contribution in [3.8, 4) is 5.69 Å². The summed E-state index contributed by atoms with van der Waals surface area (Å²) in [6.07, 6.45) is 6.24. The zero-order valence-corrected chi connectivity index (χ0v) is 18.4. The Kier molecular flexibility index (Phi) is 5.20. The summed E-state index contributed by atoms with van der Waals surface area (Å²) in [5, 5.41) is 7.86. The predicted molar refractivity (Wildman–Crippen MR) is 118 cm³/mol. The second kappa shape index (κ2) is 8.02. The molecule has 164 valence electrons. The Morgan fingerprint density at radius 2 is 1.74 bits per heavy atom. The summed E-state index contributed by atoms with van der Waals surface area (Å²) in [5.41, 5.74) is 3.55. The standard InChI is InChI=1S/C24H31N5O2/c1-16-21-17(2)28(23(30)22(21)29(26-16)20-10-4-3-5-11-20)19-12-14-27(15-13-19)24(31)25-18-8-6-7-9-18/h3-5,10-11,17-19H,6-9,12-15H2,1-2H3,(H,25,31). The molecule has 7 heteroatoms. The fourth-order valence-electron chi connectivity index (χ4n) is 5.60. The van der Waals surface area contributed by atoms with Crippen LogP contribution in [0.5, 0.6) is 0 Å². The van der Waals surface area contributed by atoms with Gasteiger partial charge in [-0.05, 0) is 51.7 Å². The smallest absolute Gasteiger partial charge is 0.317 e. The third-order valence-electron chi connectivity index (χ3n) is 7.21. The first kappa shape index (κ1) is 20.1. The van der Waals surface area contributed by atoms with Gasteiger partial charge in [-0.1, -0.05) is 31.0 Å². The lowest BCUT2D eigenvalue weighted by Gasteiger charge is -2.39. The number of benzene rings is 1. The Labute approximate surface area is 183 Å². The molecule has 3 heterocycles. The molecule has 1 N–H and O–H groups in total. The van der Waals surface area contributed by atoms with Crippen LogP contribution in [0.2, 0.25) is 0 Å². The van der Waals surface area contributed by atoms with Gasteiger partial charge in [-0.2, -0.15) is 5.10 Å². The summed E-state index contributed by atoms with van der Waals surface area (Å²) in [4.78, 5) is 30.1. The maximum atomic E-state index is 13.5. The first-order valence-electron chi connectivity index (χ1n) is 11.6. The van der Waals surface area contributed by atoms with E-state index in [9.17, 15) is 9.59 Å². The monoisotopic (exact) mass is 421 g/mol. The van der Waals surface area contributed by atoms with Gasteiger partial charge in [0.2, 0.25) is 0 Å². The minimum Gasteiger partial charge on any atom is -0.335 e. The van der Waals surface area contributed by atoms with Gasteiger partial charge in [-0.15, -0.1) is 0 Å². The molecule has 7 nitrogen and oxygen atoms in total. The number of carbonyl (C=O) groups is 2. The van der Waals surface area contributed by atoms with Crippen molar-refractivity contribution >= 4 is 11.9 Å². The van der Waals surface area contributed by atoms with E-state index < -0.39 is 0 Å². The molecular weight excluding hydrogens is 390 g/mol. The van der Waals surface area contributed by atoms with Crippen LogP contribution in [-0.2, 0) is 0 Å². The highest BCUT2D eigenvalue weighted by atomic mass is 16.2. The van der Waals surface area contributed by atoms with Crippen molar-refractivity contribution in [2.45, 2.75) is 70.5 Å². The van der Waals surface area contributed by atoms with Gasteiger partial charge in [0.15, 0.2) is 0 Å². The predicted octanol–water partition coefficient (Wildman–Crippen LogP) is 3.81. The molecule has 5 rings (SSSR count). The van der Waals surface area contributed by atoms with Crippen molar-refractivity contribution in [2.75, 3.05) is 13.1 Å². The first-order chi connectivity index (χ1) is 15.0. The van der Waals surface area contributed by atoms with Crippen LogP contribution >= 0.6 is 0 Å². The van der Waals surface area contributed by atoms with Crippen LogP contribution in [-0.4, -0.2) is 56.7 Å². The Morgan fingerprint density at radius 3 is 2.42 bits per heavy atom. The third kappa shape index (κ3) is 3.50. The van der Waals surface area contributed by atoms with Crippen LogP contribution in [0.3, 0.4) is 0 Å². The summed E-state index contributed by atoms with van der Waals surface area (Å²) in [5.74, 6) is 0.0563. The quantitative estimate of drug-likeness (QED) is 0.819. The first-order valence-corrected chi connectivity index (χ1v) is 11.6. The lowest BCUT2D eigenvalue weighted by atomic mass is 10.0. The zero-order chi connectivity index (χ0) is 21.5. The van der Waals surface area contributed by atoms with Gasteiger partial charge in [0.05, 0.1) is 17.4 Å². The molecule has 2 fully saturated rings. The molecule has 31 heavy (non-hydrogen) atoms. The second-order valence-electron chi connectivity index (χ2n) is 9.13. The summed E-state index contributed by atoms with van der Waals surface area (Å²) < 4.78 is 1.80. The molecule has 1 atom stereocenters. The van der Waals surface area contributed by atoms with Gasteiger partial charge in [0.1, 0.15) is 5.69 Å². The van der Waals surface area contributed by atoms with Crippen LogP contribution in [0.4, 0.5) is 4.79 Å². The number of nitrogens with zero attached hydrogens (tertiary/aromatic N) is 4. The van der Waals surface area contributed by atoms with E-state index in [0.717, 1.165) is 42.6 Å². The lowest BCUT2D eigenvalue weighted by Crippen LogP contribution is -2.51. The lowest BCUT2D eigenvalue weighted by molar-refractivity contribution is 0.0538. The number of nitrogens with one attached hydrogen (secondary N) is 1. The Bertz CT molecular complexity index is 971. The van der Waals surface area contributed by atoms with Crippen molar-refractivity contribution in [3.63, 3.8) is 0 Å². The fraction of sp³-hybridized carbons (Fsp3) is 0.542.